The van der Waals surface area contributed by atoms with Crippen LogP contribution < -0.4 is 9.80 Å². The summed E-state index contributed by atoms with van der Waals surface area (Å²) in [5.74, 6) is 0.848. The van der Waals surface area contributed by atoms with Gasteiger partial charge >= 0.3 is 0 Å². The number of pyridine rings is 1. The number of aryl methyl sites for hydroxylation is 1. The molecular formula is C31H33N7O. The van der Waals surface area contributed by atoms with E-state index in [2.05, 4.69) is 56.9 Å². The van der Waals surface area contributed by atoms with Crippen LogP contribution >= 0.6 is 0 Å². The zero-order chi connectivity index (χ0) is 27.4. The fourth-order valence-corrected chi connectivity index (χ4v) is 5.53. The molecule has 1 aromatic heterocycles. The van der Waals surface area contributed by atoms with Crippen LogP contribution in [0.1, 0.15) is 39.7 Å². The van der Waals surface area contributed by atoms with Crippen molar-refractivity contribution in [1.29, 1.82) is 10.5 Å². The number of carbonyl (C=O) groups is 1. The van der Waals surface area contributed by atoms with Gasteiger partial charge in [-0.25, -0.2) is 4.98 Å². The molecule has 198 valence electrons. The summed E-state index contributed by atoms with van der Waals surface area (Å²) in [5.41, 5.74) is 5.01. The van der Waals surface area contributed by atoms with Crippen LogP contribution in [0, 0.1) is 29.6 Å². The highest BCUT2D eigenvalue weighted by molar-refractivity contribution is 5.96. The van der Waals surface area contributed by atoms with Crippen LogP contribution in [-0.4, -0.2) is 72.5 Å². The molecule has 3 heterocycles. The van der Waals surface area contributed by atoms with Gasteiger partial charge in [0.1, 0.15) is 23.7 Å². The van der Waals surface area contributed by atoms with E-state index < -0.39 is 0 Å². The zero-order valence-electron chi connectivity index (χ0n) is 22.5. The molecule has 0 bridgehead atoms. The third-order valence-electron chi connectivity index (χ3n) is 7.74. The number of aromatic nitrogens is 1. The van der Waals surface area contributed by atoms with Crippen molar-refractivity contribution in [1.82, 2.24) is 14.8 Å². The molecule has 2 aromatic carbocycles. The average molecular weight is 520 g/mol. The Kier molecular flexibility index (Phi) is 7.76. The third-order valence-corrected chi connectivity index (χ3v) is 7.74. The number of piperazine rings is 2. The van der Waals surface area contributed by atoms with E-state index in [0.29, 0.717) is 25.3 Å². The standard InChI is InChI=1S/C31H33N7O/c1-23-10-11-25(22-35-12-14-36(15-13-35)29-8-4-3-6-26(29)19-32)18-28(23)31(39)38-17-16-37(21-24(38)2)30-9-5-7-27(20-33)34-30/h3-11,18,24H,12-17,21-22H2,1-2H3. The van der Waals surface area contributed by atoms with Gasteiger partial charge in [0.2, 0.25) is 0 Å². The second kappa shape index (κ2) is 11.6. The van der Waals surface area contributed by atoms with Crippen molar-refractivity contribution in [3.8, 4) is 12.1 Å². The van der Waals surface area contributed by atoms with Crippen molar-refractivity contribution >= 4 is 17.4 Å². The fourth-order valence-electron chi connectivity index (χ4n) is 5.53. The lowest BCUT2D eigenvalue weighted by molar-refractivity contribution is 0.0672. The van der Waals surface area contributed by atoms with E-state index in [1.807, 2.05) is 48.2 Å². The Morgan fingerprint density at radius 1 is 0.923 bits per heavy atom. The van der Waals surface area contributed by atoms with E-state index in [1.54, 1.807) is 6.07 Å². The topological polar surface area (TPSA) is 90.5 Å². The monoisotopic (exact) mass is 519 g/mol. The Morgan fingerprint density at radius 2 is 1.69 bits per heavy atom. The van der Waals surface area contributed by atoms with Crippen LogP contribution in [0.25, 0.3) is 0 Å². The highest BCUT2D eigenvalue weighted by atomic mass is 16.2. The maximum Gasteiger partial charge on any atom is 0.254 e. The van der Waals surface area contributed by atoms with Gasteiger partial charge in [0.15, 0.2) is 0 Å². The number of hydrogen-bond donors (Lipinski definition) is 0. The molecule has 8 nitrogen and oxygen atoms in total. The minimum atomic E-state index is 0.0196. The van der Waals surface area contributed by atoms with Gasteiger partial charge in [0, 0.05) is 64.0 Å². The molecular weight excluding hydrogens is 486 g/mol. The predicted molar refractivity (Wildman–Crippen MR) is 151 cm³/mol. The molecule has 39 heavy (non-hydrogen) atoms. The van der Waals surface area contributed by atoms with Gasteiger partial charge in [-0.1, -0.05) is 30.3 Å². The molecule has 0 N–H and O–H groups in total. The second-order valence-corrected chi connectivity index (χ2v) is 10.3. The lowest BCUT2D eigenvalue weighted by atomic mass is 10.0. The zero-order valence-corrected chi connectivity index (χ0v) is 22.5. The Hall–Kier alpha value is -4.40. The molecule has 1 atom stereocenters. The highest BCUT2D eigenvalue weighted by Crippen LogP contribution is 2.24. The first-order valence-electron chi connectivity index (χ1n) is 13.5. The highest BCUT2D eigenvalue weighted by Gasteiger charge is 2.30. The molecule has 2 fully saturated rings. The molecule has 2 saturated heterocycles. The minimum Gasteiger partial charge on any atom is -0.368 e. The fraction of sp³-hybridized carbons (Fsp3) is 0.355. The minimum absolute atomic E-state index is 0.0196. The predicted octanol–water partition coefficient (Wildman–Crippen LogP) is 3.81. The Balaban J connectivity index is 1.22. The first kappa shape index (κ1) is 26.2. The summed E-state index contributed by atoms with van der Waals surface area (Å²) in [5, 5.41) is 18.6. The summed E-state index contributed by atoms with van der Waals surface area (Å²) in [4.78, 5) is 26.9. The molecule has 5 rings (SSSR count). The van der Waals surface area contributed by atoms with Crippen LogP contribution in [0.15, 0.2) is 60.7 Å². The molecule has 0 aliphatic carbocycles. The Labute approximate surface area is 230 Å². The number of anilines is 2. The normalized spacial score (nSPS) is 17.9. The molecule has 0 saturated carbocycles. The van der Waals surface area contributed by atoms with Gasteiger partial charge in [-0.05, 0) is 55.3 Å². The first-order chi connectivity index (χ1) is 19.0. The molecule has 2 aliphatic rings. The Morgan fingerprint density at radius 3 is 2.44 bits per heavy atom. The largest absolute Gasteiger partial charge is 0.368 e. The van der Waals surface area contributed by atoms with Gasteiger partial charge in [-0.15, -0.1) is 0 Å². The summed E-state index contributed by atoms with van der Waals surface area (Å²) >= 11 is 0. The lowest BCUT2D eigenvalue weighted by Crippen LogP contribution is -2.54. The van der Waals surface area contributed by atoms with Crippen molar-refractivity contribution in [2.45, 2.75) is 26.4 Å². The summed E-state index contributed by atoms with van der Waals surface area (Å²) < 4.78 is 0. The number of nitrogens with zero attached hydrogens (tertiary/aromatic N) is 7. The van der Waals surface area contributed by atoms with Gasteiger partial charge in [-0.2, -0.15) is 10.5 Å². The van der Waals surface area contributed by atoms with Crippen molar-refractivity contribution < 1.29 is 4.79 Å². The Bertz CT molecular complexity index is 1430. The van der Waals surface area contributed by atoms with E-state index in [-0.39, 0.29) is 11.9 Å². The van der Waals surface area contributed by atoms with E-state index in [4.69, 9.17) is 0 Å². The number of para-hydroxylation sites is 1. The van der Waals surface area contributed by atoms with Crippen LogP contribution in [0.4, 0.5) is 11.5 Å². The third kappa shape index (κ3) is 5.72. The van der Waals surface area contributed by atoms with Crippen LogP contribution in [0.2, 0.25) is 0 Å². The summed E-state index contributed by atoms with van der Waals surface area (Å²) in [6.45, 7) is 10.3. The number of benzene rings is 2. The number of hydrogen-bond acceptors (Lipinski definition) is 7. The smallest absolute Gasteiger partial charge is 0.254 e. The first-order valence-corrected chi connectivity index (χ1v) is 13.5. The van der Waals surface area contributed by atoms with E-state index in [0.717, 1.165) is 66.5 Å². The summed E-state index contributed by atoms with van der Waals surface area (Å²) in [6, 6.07) is 23.9. The second-order valence-electron chi connectivity index (χ2n) is 10.3. The average Bonchev–Trinajstić information content (AvgIpc) is 2.98. The van der Waals surface area contributed by atoms with E-state index in [1.165, 1.54) is 0 Å². The van der Waals surface area contributed by atoms with E-state index in [9.17, 15) is 15.3 Å². The van der Waals surface area contributed by atoms with Gasteiger partial charge < -0.3 is 14.7 Å². The number of nitriles is 2. The van der Waals surface area contributed by atoms with Crippen LogP contribution in [0.5, 0.6) is 0 Å². The van der Waals surface area contributed by atoms with Crippen molar-refractivity contribution in [2.75, 3.05) is 55.6 Å². The molecule has 0 radical (unpaired) electrons. The van der Waals surface area contributed by atoms with Crippen molar-refractivity contribution in [3.05, 3.63) is 88.6 Å². The van der Waals surface area contributed by atoms with Crippen molar-refractivity contribution in [2.24, 2.45) is 0 Å². The van der Waals surface area contributed by atoms with Crippen molar-refractivity contribution in [3.63, 3.8) is 0 Å². The SMILES string of the molecule is Cc1ccc(CN2CCN(c3ccccc3C#N)CC2)cc1C(=O)N1CCN(c2cccc(C#N)n2)CC1C. The van der Waals surface area contributed by atoms with Crippen LogP contribution in [0.3, 0.4) is 0 Å². The molecule has 1 unspecified atom stereocenters. The maximum absolute atomic E-state index is 13.7. The number of rotatable bonds is 5. The number of amides is 1. The van der Waals surface area contributed by atoms with Gasteiger partial charge in [0.05, 0.1) is 11.3 Å². The van der Waals surface area contributed by atoms with Gasteiger partial charge in [0.25, 0.3) is 5.91 Å². The van der Waals surface area contributed by atoms with Gasteiger partial charge in [-0.3, -0.25) is 9.69 Å². The number of carbonyl (C=O) groups excluding carboxylic acids is 1. The van der Waals surface area contributed by atoms with E-state index >= 15 is 0 Å². The molecule has 3 aromatic rings. The molecule has 8 heteroatoms. The molecule has 2 aliphatic heterocycles. The molecule has 0 spiro atoms. The lowest BCUT2D eigenvalue weighted by Gasteiger charge is -2.40. The molecule has 1 amide bonds. The summed E-state index contributed by atoms with van der Waals surface area (Å²) in [7, 11) is 0. The quantitative estimate of drug-likeness (QED) is 0.506. The maximum atomic E-state index is 13.7. The summed E-state index contributed by atoms with van der Waals surface area (Å²) in [6.07, 6.45) is 0. The van der Waals surface area contributed by atoms with Crippen LogP contribution in [-0.2, 0) is 6.54 Å².